The maximum atomic E-state index is 12.3. The number of carbonyl (C=O) groups excluding carboxylic acids is 2. The first kappa shape index (κ1) is 21.1. The van der Waals surface area contributed by atoms with Gasteiger partial charge in [-0.05, 0) is 31.4 Å². The number of ether oxygens (including phenoxy) is 2. The number of allylic oxidation sites excluding steroid dienone is 1. The van der Waals surface area contributed by atoms with Crippen molar-refractivity contribution in [1.29, 1.82) is 0 Å². The predicted molar refractivity (Wildman–Crippen MR) is 97.4 cm³/mol. The molecule has 0 aromatic heterocycles. The Balaban J connectivity index is 2.36. The summed E-state index contributed by atoms with van der Waals surface area (Å²) in [5, 5.41) is 28.2. The Bertz CT molecular complexity index is 688. The van der Waals surface area contributed by atoms with Crippen LogP contribution in [0.25, 0.3) is 0 Å². The number of aliphatic hydroxyl groups excluding tert-OH is 3. The van der Waals surface area contributed by atoms with Gasteiger partial charge in [0.05, 0.1) is 24.7 Å². The van der Waals surface area contributed by atoms with Gasteiger partial charge < -0.3 is 24.8 Å². The molecule has 1 heterocycles. The lowest BCUT2D eigenvalue weighted by Gasteiger charge is -2.28. The van der Waals surface area contributed by atoms with E-state index in [0.29, 0.717) is 19.3 Å². The molecule has 0 aromatic rings. The molecule has 1 saturated heterocycles. The molecule has 0 bridgehead atoms. The smallest absolute Gasteiger partial charge is 0.336 e. The summed E-state index contributed by atoms with van der Waals surface area (Å²) in [7, 11) is 0. The third kappa shape index (κ3) is 4.94. The van der Waals surface area contributed by atoms with Crippen molar-refractivity contribution in [3.8, 4) is 0 Å². The summed E-state index contributed by atoms with van der Waals surface area (Å²) in [6.07, 6.45) is 2.46. The van der Waals surface area contributed by atoms with E-state index in [4.69, 9.17) is 14.6 Å². The number of hydrogen-bond donors (Lipinski definition) is 3. The van der Waals surface area contributed by atoms with Crippen LogP contribution in [0.5, 0.6) is 0 Å². The molecule has 0 amide bonds. The van der Waals surface area contributed by atoms with Gasteiger partial charge in [0.25, 0.3) is 0 Å². The Labute approximate surface area is 158 Å². The van der Waals surface area contributed by atoms with Gasteiger partial charge in [-0.25, -0.2) is 9.59 Å². The summed E-state index contributed by atoms with van der Waals surface area (Å²) in [6.45, 7) is 8.32. The van der Waals surface area contributed by atoms with Crippen LogP contribution in [0.1, 0.15) is 26.2 Å². The second-order valence-electron chi connectivity index (χ2n) is 6.86. The van der Waals surface area contributed by atoms with Crippen LogP contribution in [-0.4, -0.2) is 58.8 Å². The molecular weight excluding hydrogens is 352 g/mol. The average Bonchev–Trinajstić information content (AvgIpc) is 2.92. The Morgan fingerprint density at radius 2 is 2.15 bits per heavy atom. The highest BCUT2D eigenvalue weighted by Crippen LogP contribution is 2.36. The lowest BCUT2D eigenvalue weighted by atomic mass is 9.85. The van der Waals surface area contributed by atoms with Crippen LogP contribution in [0, 0.1) is 5.92 Å². The molecular formula is C20H26O7. The van der Waals surface area contributed by atoms with Crippen LogP contribution in [-0.2, 0) is 19.1 Å². The lowest BCUT2D eigenvalue weighted by molar-refractivity contribution is -0.148. The summed E-state index contributed by atoms with van der Waals surface area (Å²) >= 11 is 0. The summed E-state index contributed by atoms with van der Waals surface area (Å²) in [4.78, 5) is 24.4. The van der Waals surface area contributed by atoms with E-state index in [1.165, 1.54) is 0 Å². The summed E-state index contributed by atoms with van der Waals surface area (Å²) in [5.74, 6) is -2.05. The largest absolute Gasteiger partial charge is 0.458 e. The fourth-order valence-corrected chi connectivity index (χ4v) is 3.23. The fourth-order valence-electron chi connectivity index (χ4n) is 3.23. The average molecular weight is 378 g/mol. The van der Waals surface area contributed by atoms with Crippen LogP contribution in [0.2, 0.25) is 0 Å². The highest BCUT2D eigenvalue weighted by molar-refractivity contribution is 5.92. The minimum absolute atomic E-state index is 0.163. The van der Waals surface area contributed by atoms with Crippen molar-refractivity contribution in [2.45, 2.75) is 44.5 Å². The van der Waals surface area contributed by atoms with Gasteiger partial charge in [0.2, 0.25) is 0 Å². The summed E-state index contributed by atoms with van der Waals surface area (Å²) < 4.78 is 10.9. The first-order chi connectivity index (χ1) is 12.8. The van der Waals surface area contributed by atoms with Crippen molar-refractivity contribution in [1.82, 2.24) is 0 Å². The van der Waals surface area contributed by atoms with Crippen molar-refractivity contribution in [3.05, 3.63) is 47.6 Å². The van der Waals surface area contributed by atoms with Gasteiger partial charge in [0.15, 0.2) is 0 Å². The minimum atomic E-state index is -1.42. The molecule has 2 aliphatic rings. The molecule has 0 radical (unpaired) electrons. The van der Waals surface area contributed by atoms with E-state index in [1.54, 1.807) is 6.08 Å². The second-order valence-corrected chi connectivity index (χ2v) is 6.86. The summed E-state index contributed by atoms with van der Waals surface area (Å²) in [5.41, 5.74) is 1.60. The van der Waals surface area contributed by atoms with Gasteiger partial charge >= 0.3 is 11.9 Å². The van der Waals surface area contributed by atoms with Crippen LogP contribution in [0.3, 0.4) is 0 Å². The van der Waals surface area contributed by atoms with Gasteiger partial charge in [-0.15, -0.1) is 0 Å². The molecule has 148 valence electrons. The van der Waals surface area contributed by atoms with E-state index in [9.17, 15) is 19.8 Å². The maximum absolute atomic E-state index is 12.3. The SMILES string of the molecule is C=C1C(=O)O[C@H]2/C=C(/CO)CC/C=C(/C)C[C@H](OC(=O)C(=C)[C@H](O)CO)[C@@H]12. The number of fused-ring (bicyclic) bond motifs is 1. The van der Waals surface area contributed by atoms with Gasteiger partial charge in [0, 0.05) is 12.0 Å². The molecule has 1 fully saturated rings. The van der Waals surface area contributed by atoms with Crippen molar-refractivity contribution < 1.29 is 34.4 Å². The Morgan fingerprint density at radius 1 is 1.44 bits per heavy atom. The van der Waals surface area contributed by atoms with E-state index in [0.717, 1.165) is 11.1 Å². The standard InChI is InChI=1S/C20H26O7/c1-11-5-4-6-14(9-21)8-17-18(13(3)20(25)27-17)16(7-11)26-19(24)12(2)15(23)10-22/h5,8,15-18,21-23H,2-4,6-7,9-10H2,1H3/b11-5-,14-8+/t15-,16+,17+,18-/m1/s1. The third-order valence-electron chi connectivity index (χ3n) is 4.84. The maximum Gasteiger partial charge on any atom is 0.336 e. The zero-order chi connectivity index (χ0) is 20.1. The highest BCUT2D eigenvalue weighted by Gasteiger charge is 2.44. The molecule has 7 nitrogen and oxygen atoms in total. The van der Waals surface area contributed by atoms with E-state index in [1.807, 2.05) is 13.0 Å². The molecule has 2 rings (SSSR count). The minimum Gasteiger partial charge on any atom is -0.458 e. The molecule has 0 saturated carbocycles. The molecule has 0 aromatic carbocycles. The zero-order valence-corrected chi connectivity index (χ0v) is 15.4. The fraction of sp³-hybridized carbons (Fsp3) is 0.500. The number of hydrogen-bond acceptors (Lipinski definition) is 7. The van der Waals surface area contributed by atoms with Crippen molar-refractivity contribution in [3.63, 3.8) is 0 Å². The summed E-state index contributed by atoms with van der Waals surface area (Å²) in [6, 6.07) is 0. The van der Waals surface area contributed by atoms with E-state index >= 15 is 0 Å². The third-order valence-corrected chi connectivity index (χ3v) is 4.84. The van der Waals surface area contributed by atoms with Gasteiger partial charge in [-0.1, -0.05) is 24.8 Å². The molecule has 1 aliphatic heterocycles. The first-order valence-electron chi connectivity index (χ1n) is 8.83. The quantitative estimate of drug-likeness (QED) is 0.371. The van der Waals surface area contributed by atoms with Crippen LogP contribution < -0.4 is 0 Å². The number of carbonyl (C=O) groups is 2. The molecule has 3 N–H and O–H groups in total. The van der Waals surface area contributed by atoms with Gasteiger partial charge in [-0.3, -0.25) is 0 Å². The van der Waals surface area contributed by atoms with Crippen LogP contribution in [0.4, 0.5) is 0 Å². The highest BCUT2D eigenvalue weighted by atomic mass is 16.6. The van der Waals surface area contributed by atoms with Crippen molar-refractivity contribution in [2.24, 2.45) is 5.92 Å². The van der Waals surface area contributed by atoms with Gasteiger partial charge in [-0.2, -0.15) is 0 Å². The molecule has 1 aliphatic carbocycles. The first-order valence-corrected chi connectivity index (χ1v) is 8.83. The predicted octanol–water partition coefficient (Wildman–Crippen LogP) is 0.954. The molecule has 4 atom stereocenters. The van der Waals surface area contributed by atoms with Gasteiger partial charge in [0.1, 0.15) is 18.3 Å². The van der Waals surface area contributed by atoms with Crippen LogP contribution in [0.15, 0.2) is 47.6 Å². The normalized spacial score (nSPS) is 30.9. The lowest BCUT2D eigenvalue weighted by Crippen LogP contribution is -2.35. The number of rotatable bonds is 5. The van der Waals surface area contributed by atoms with Crippen LogP contribution >= 0.6 is 0 Å². The molecule has 0 unspecified atom stereocenters. The second kappa shape index (κ2) is 9.12. The Kier molecular flexibility index (Phi) is 7.12. The van der Waals surface area contributed by atoms with E-state index in [-0.39, 0.29) is 17.8 Å². The molecule has 0 spiro atoms. The molecule has 27 heavy (non-hydrogen) atoms. The molecule has 7 heteroatoms. The van der Waals surface area contributed by atoms with Crippen molar-refractivity contribution in [2.75, 3.05) is 13.2 Å². The topological polar surface area (TPSA) is 113 Å². The Morgan fingerprint density at radius 3 is 2.78 bits per heavy atom. The Hall–Kier alpha value is -2.22. The zero-order valence-electron chi connectivity index (χ0n) is 15.4. The number of aliphatic hydroxyl groups is 3. The number of esters is 2. The van der Waals surface area contributed by atoms with Crippen molar-refractivity contribution >= 4 is 11.9 Å². The van der Waals surface area contributed by atoms with E-state index in [2.05, 4.69) is 13.2 Å². The monoisotopic (exact) mass is 378 g/mol. The van der Waals surface area contributed by atoms with E-state index < -0.39 is 42.8 Å².